The molecular formula is C18H12N2O6S. The molecule has 2 heterocycles. The van der Waals surface area contributed by atoms with Crippen molar-refractivity contribution in [3.8, 4) is 23.3 Å². The van der Waals surface area contributed by atoms with Crippen molar-refractivity contribution in [1.29, 1.82) is 0 Å². The van der Waals surface area contributed by atoms with E-state index in [1.807, 2.05) is 0 Å². The van der Waals surface area contributed by atoms with E-state index in [-0.39, 0.29) is 34.3 Å². The van der Waals surface area contributed by atoms with Gasteiger partial charge in [0.15, 0.2) is 0 Å². The highest BCUT2D eigenvalue weighted by Gasteiger charge is 2.19. The number of benzene rings is 2. The van der Waals surface area contributed by atoms with Crippen LogP contribution in [0.3, 0.4) is 0 Å². The number of pyridine rings is 2. The van der Waals surface area contributed by atoms with Crippen molar-refractivity contribution < 1.29 is 27.0 Å². The fourth-order valence-corrected chi connectivity index (χ4v) is 3.18. The maximum atomic E-state index is 12.2. The highest BCUT2D eigenvalue weighted by molar-refractivity contribution is 7.82. The van der Waals surface area contributed by atoms with E-state index in [9.17, 15) is 18.6 Å². The molecule has 0 aliphatic carbocycles. The third kappa shape index (κ3) is 3.40. The Morgan fingerprint density at radius 3 is 1.56 bits per heavy atom. The Morgan fingerprint density at radius 1 is 0.667 bits per heavy atom. The highest BCUT2D eigenvalue weighted by atomic mass is 32.3. The predicted octanol–water partition coefficient (Wildman–Crippen LogP) is 2.90. The summed E-state index contributed by atoms with van der Waals surface area (Å²) in [6, 6.07) is 15.3. The van der Waals surface area contributed by atoms with E-state index in [2.05, 4.69) is 9.97 Å². The van der Waals surface area contributed by atoms with E-state index < -0.39 is 10.4 Å². The van der Waals surface area contributed by atoms with E-state index >= 15 is 0 Å². The summed E-state index contributed by atoms with van der Waals surface area (Å²) >= 11 is 0. The third-order valence-electron chi connectivity index (χ3n) is 3.72. The lowest BCUT2D eigenvalue weighted by Gasteiger charge is -2.08. The molecular weight excluding hydrogens is 372 g/mol. The lowest BCUT2D eigenvalue weighted by molar-refractivity contribution is 0.381. The number of rotatable bonds is 4. The molecule has 0 fully saturated rings. The predicted molar refractivity (Wildman–Crippen MR) is 97.0 cm³/mol. The molecule has 0 spiro atoms. The molecule has 4 rings (SSSR count). The zero-order chi connectivity index (χ0) is 19.0. The number of phenolic OH excluding ortho intramolecular Hbond substituents is 2. The third-order valence-corrected chi connectivity index (χ3v) is 4.47. The van der Waals surface area contributed by atoms with Crippen molar-refractivity contribution in [3.63, 3.8) is 0 Å². The molecule has 0 saturated heterocycles. The molecule has 0 radical (unpaired) electrons. The van der Waals surface area contributed by atoms with Gasteiger partial charge in [-0.25, -0.2) is 9.97 Å². The van der Waals surface area contributed by atoms with E-state index in [1.165, 1.54) is 24.3 Å². The van der Waals surface area contributed by atoms with Crippen LogP contribution in [0.15, 0.2) is 60.7 Å². The van der Waals surface area contributed by atoms with Crippen LogP contribution < -0.4 is 8.37 Å². The number of nitrogens with zero attached hydrogens (tertiary/aromatic N) is 2. The molecule has 0 aliphatic rings. The number of aromatic hydroxyl groups is 2. The fourth-order valence-electron chi connectivity index (χ4n) is 2.55. The Labute approximate surface area is 153 Å². The maximum Gasteiger partial charge on any atom is 0.504 e. The molecule has 0 bridgehead atoms. The van der Waals surface area contributed by atoms with Crippen LogP contribution in [0.5, 0.6) is 23.3 Å². The Hall–Kier alpha value is -3.59. The first-order valence-electron chi connectivity index (χ1n) is 7.73. The second-order valence-electron chi connectivity index (χ2n) is 5.57. The molecule has 0 unspecified atom stereocenters. The summed E-state index contributed by atoms with van der Waals surface area (Å²) in [5, 5.41) is 20.9. The van der Waals surface area contributed by atoms with E-state index in [0.29, 0.717) is 10.8 Å². The molecule has 4 aromatic rings. The first-order valence-corrected chi connectivity index (χ1v) is 9.06. The largest absolute Gasteiger partial charge is 0.506 e. The van der Waals surface area contributed by atoms with Crippen molar-refractivity contribution >= 4 is 32.2 Å². The summed E-state index contributed by atoms with van der Waals surface area (Å²) < 4.78 is 34.0. The SMILES string of the molecule is O=S(=O)(Oc1ccc2cccc(O)c2n1)Oc1ccc2cccc(O)c2n1. The Balaban J connectivity index is 1.62. The van der Waals surface area contributed by atoms with E-state index in [4.69, 9.17) is 8.37 Å². The van der Waals surface area contributed by atoms with Gasteiger partial charge in [-0.1, -0.05) is 24.3 Å². The zero-order valence-electron chi connectivity index (χ0n) is 13.6. The lowest BCUT2D eigenvalue weighted by atomic mass is 10.2. The minimum Gasteiger partial charge on any atom is -0.506 e. The van der Waals surface area contributed by atoms with Crippen molar-refractivity contribution in [3.05, 3.63) is 60.7 Å². The van der Waals surface area contributed by atoms with Gasteiger partial charge in [-0.15, -0.1) is 8.42 Å². The smallest absolute Gasteiger partial charge is 0.504 e. The van der Waals surface area contributed by atoms with Gasteiger partial charge in [0, 0.05) is 22.9 Å². The molecule has 2 aromatic heterocycles. The molecule has 136 valence electrons. The van der Waals surface area contributed by atoms with Crippen LogP contribution in [0.2, 0.25) is 0 Å². The standard InChI is InChI=1S/C18H12N2O6S/c21-13-5-1-3-11-7-9-15(19-17(11)13)25-27(23,24)26-16-10-8-12-4-2-6-14(22)18(12)20-16/h1-10,21-22H. The van der Waals surface area contributed by atoms with Gasteiger partial charge in [-0.05, 0) is 24.3 Å². The molecule has 0 saturated carbocycles. The molecule has 0 aliphatic heterocycles. The van der Waals surface area contributed by atoms with Gasteiger partial charge in [0.05, 0.1) is 0 Å². The first-order chi connectivity index (χ1) is 12.9. The van der Waals surface area contributed by atoms with Crippen molar-refractivity contribution in [2.24, 2.45) is 0 Å². The Bertz CT molecular complexity index is 1180. The van der Waals surface area contributed by atoms with Crippen molar-refractivity contribution in [2.45, 2.75) is 0 Å². The topological polar surface area (TPSA) is 119 Å². The summed E-state index contributed by atoms with van der Waals surface area (Å²) in [5.41, 5.74) is 0.387. The molecule has 9 heteroatoms. The fraction of sp³-hybridized carbons (Fsp3) is 0. The second-order valence-corrected chi connectivity index (χ2v) is 6.72. The molecule has 27 heavy (non-hydrogen) atoms. The summed E-state index contributed by atoms with van der Waals surface area (Å²) in [6.07, 6.45) is 0. The Kier molecular flexibility index (Phi) is 3.93. The zero-order valence-corrected chi connectivity index (χ0v) is 14.4. The molecule has 0 atom stereocenters. The maximum absolute atomic E-state index is 12.2. The number of para-hydroxylation sites is 2. The van der Waals surface area contributed by atoms with Gasteiger partial charge in [-0.3, -0.25) is 0 Å². The van der Waals surface area contributed by atoms with E-state index in [0.717, 1.165) is 0 Å². The summed E-state index contributed by atoms with van der Waals surface area (Å²) in [5.74, 6) is -0.758. The number of hydrogen-bond acceptors (Lipinski definition) is 8. The van der Waals surface area contributed by atoms with Crippen LogP contribution in [0, 0.1) is 0 Å². The number of fused-ring (bicyclic) bond motifs is 2. The van der Waals surface area contributed by atoms with Crippen LogP contribution in [-0.4, -0.2) is 28.6 Å². The summed E-state index contributed by atoms with van der Waals surface area (Å²) in [6.45, 7) is 0. The van der Waals surface area contributed by atoms with Crippen molar-refractivity contribution in [1.82, 2.24) is 9.97 Å². The number of hydrogen-bond donors (Lipinski definition) is 2. The van der Waals surface area contributed by atoms with Crippen LogP contribution in [0.25, 0.3) is 21.8 Å². The highest BCUT2D eigenvalue weighted by Crippen LogP contribution is 2.27. The van der Waals surface area contributed by atoms with Gasteiger partial charge in [0.25, 0.3) is 0 Å². The minimum atomic E-state index is -4.54. The second kappa shape index (κ2) is 6.29. The summed E-state index contributed by atoms with van der Waals surface area (Å²) in [7, 11) is -4.54. The monoisotopic (exact) mass is 384 g/mol. The van der Waals surface area contributed by atoms with Crippen LogP contribution in [-0.2, 0) is 10.4 Å². The average molecular weight is 384 g/mol. The molecule has 2 aromatic carbocycles. The normalized spacial score (nSPS) is 11.6. The van der Waals surface area contributed by atoms with Crippen molar-refractivity contribution in [2.75, 3.05) is 0 Å². The molecule has 2 N–H and O–H groups in total. The molecule has 8 nitrogen and oxygen atoms in total. The van der Waals surface area contributed by atoms with Crippen LogP contribution in [0.4, 0.5) is 0 Å². The number of aromatic nitrogens is 2. The summed E-state index contributed by atoms with van der Waals surface area (Å²) in [4.78, 5) is 7.95. The van der Waals surface area contributed by atoms with Crippen LogP contribution >= 0.6 is 0 Å². The molecule has 0 amide bonds. The van der Waals surface area contributed by atoms with Gasteiger partial charge in [0.2, 0.25) is 11.8 Å². The van der Waals surface area contributed by atoms with Gasteiger partial charge in [-0.2, -0.15) is 0 Å². The van der Waals surface area contributed by atoms with E-state index in [1.54, 1.807) is 36.4 Å². The Morgan fingerprint density at radius 2 is 1.11 bits per heavy atom. The lowest BCUT2D eigenvalue weighted by Crippen LogP contribution is -2.17. The van der Waals surface area contributed by atoms with Gasteiger partial charge in [0.1, 0.15) is 22.5 Å². The first kappa shape index (κ1) is 16.9. The van der Waals surface area contributed by atoms with Gasteiger partial charge >= 0.3 is 10.4 Å². The number of phenols is 2. The average Bonchev–Trinajstić information content (AvgIpc) is 2.62. The van der Waals surface area contributed by atoms with Gasteiger partial charge < -0.3 is 18.6 Å². The minimum absolute atomic E-state index is 0.108. The quantitative estimate of drug-likeness (QED) is 0.551. The van der Waals surface area contributed by atoms with Crippen LogP contribution in [0.1, 0.15) is 0 Å².